The topological polar surface area (TPSA) is 42.0 Å². The van der Waals surface area contributed by atoms with Gasteiger partial charge in [-0.05, 0) is 18.4 Å². The van der Waals surface area contributed by atoms with E-state index in [1.54, 1.807) is 0 Å². The number of halogens is 1. The van der Waals surface area contributed by atoms with Gasteiger partial charge in [0, 0.05) is 23.9 Å². The molecule has 1 aliphatic carbocycles. The molecule has 1 fully saturated rings. The molecule has 74 valence electrons. The number of nitrogens with zero attached hydrogens (tertiary/aromatic N) is 1. The first-order chi connectivity index (χ1) is 6.66. The Bertz CT molecular complexity index is 367. The van der Waals surface area contributed by atoms with Crippen LogP contribution in [-0.4, -0.2) is 16.9 Å². The van der Waals surface area contributed by atoms with Crippen molar-refractivity contribution in [3.05, 3.63) is 29.8 Å². The summed E-state index contributed by atoms with van der Waals surface area (Å²) in [5.41, 5.74) is 0.330. The van der Waals surface area contributed by atoms with Crippen LogP contribution in [-0.2, 0) is 0 Å². The summed E-state index contributed by atoms with van der Waals surface area (Å²) >= 11 is 0. The molecule has 2 rings (SSSR count). The molecule has 0 aliphatic heterocycles. The smallest absolute Gasteiger partial charge is 0.251 e. The standard InChI is InChI=1S/C10H11FN2O/c1-6-4-8(6)13-10(14)7-2-3-12-9(11)5-7/h2-3,5-6,8H,4H2,1H3,(H,13,14). The molecule has 1 heterocycles. The molecule has 0 saturated heterocycles. The number of rotatable bonds is 2. The Morgan fingerprint density at radius 3 is 3.00 bits per heavy atom. The van der Waals surface area contributed by atoms with Gasteiger partial charge in [-0.1, -0.05) is 6.92 Å². The van der Waals surface area contributed by atoms with Crippen LogP contribution in [0.2, 0.25) is 0 Å². The quantitative estimate of drug-likeness (QED) is 0.722. The number of pyridine rings is 1. The molecular formula is C10H11FN2O. The van der Waals surface area contributed by atoms with E-state index >= 15 is 0 Å². The van der Waals surface area contributed by atoms with Crippen molar-refractivity contribution < 1.29 is 9.18 Å². The van der Waals surface area contributed by atoms with Gasteiger partial charge in [0.1, 0.15) is 0 Å². The van der Waals surface area contributed by atoms with E-state index in [2.05, 4.69) is 17.2 Å². The minimum Gasteiger partial charge on any atom is -0.349 e. The molecule has 1 amide bonds. The van der Waals surface area contributed by atoms with Crippen LogP contribution >= 0.6 is 0 Å². The van der Waals surface area contributed by atoms with Gasteiger partial charge < -0.3 is 5.32 Å². The SMILES string of the molecule is CC1CC1NC(=O)c1ccnc(F)c1. The van der Waals surface area contributed by atoms with Crippen molar-refractivity contribution in [3.63, 3.8) is 0 Å². The lowest BCUT2D eigenvalue weighted by Gasteiger charge is -2.02. The van der Waals surface area contributed by atoms with E-state index in [4.69, 9.17) is 0 Å². The number of aromatic nitrogens is 1. The normalized spacial score (nSPS) is 24.4. The van der Waals surface area contributed by atoms with Gasteiger partial charge in [0.25, 0.3) is 5.91 Å². The van der Waals surface area contributed by atoms with Crippen molar-refractivity contribution >= 4 is 5.91 Å². The molecule has 3 nitrogen and oxygen atoms in total. The minimum atomic E-state index is -0.624. The summed E-state index contributed by atoms with van der Waals surface area (Å²) in [6, 6.07) is 2.91. The van der Waals surface area contributed by atoms with Crippen molar-refractivity contribution in [2.24, 2.45) is 5.92 Å². The zero-order chi connectivity index (χ0) is 10.1. The Balaban J connectivity index is 2.03. The van der Waals surface area contributed by atoms with Gasteiger partial charge in [0.15, 0.2) is 0 Å². The molecule has 0 spiro atoms. The lowest BCUT2D eigenvalue weighted by molar-refractivity contribution is 0.0948. The molecule has 1 aromatic rings. The van der Waals surface area contributed by atoms with E-state index in [9.17, 15) is 9.18 Å². The Kier molecular flexibility index (Phi) is 2.19. The van der Waals surface area contributed by atoms with Crippen LogP contribution in [0.15, 0.2) is 18.3 Å². The predicted molar refractivity (Wildman–Crippen MR) is 49.2 cm³/mol. The summed E-state index contributed by atoms with van der Waals surface area (Å²) in [5, 5.41) is 2.81. The molecule has 1 aromatic heterocycles. The van der Waals surface area contributed by atoms with Crippen LogP contribution in [0.4, 0.5) is 4.39 Å². The van der Waals surface area contributed by atoms with Gasteiger partial charge in [0.05, 0.1) is 0 Å². The highest BCUT2D eigenvalue weighted by molar-refractivity contribution is 5.94. The monoisotopic (exact) mass is 194 g/mol. The summed E-state index contributed by atoms with van der Waals surface area (Å²) < 4.78 is 12.7. The summed E-state index contributed by atoms with van der Waals surface area (Å²) in [6.07, 6.45) is 2.31. The van der Waals surface area contributed by atoms with Crippen LogP contribution in [0.25, 0.3) is 0 Å². The Morgan fingerprint density at radius 1 is 1.71 bits per heavy atom. The molecule has 2 atom stereocenters. The van der Waals surface area contributed by atoms with Crippen LogP contribution in [0.3, 0.4) is 0 Å². The first kappa shape index (κ1) is 9.12. The maximum absolute atomic E-state index is 12.7. The molecule has 14 heavy (non-hydrogen) atoms. The number of carbonyl (C=O) groups is 1. The van der Waals surface area contributed by atoms with E-state index in [1.165, 1.54) is 12.3 Å². The molecule has 1 aliphatic rings. The zero-order valence-corrected chi connectivity index (χ0v) is 7.83. The van der Waals surface area contributed by atoms with E-state index in [1.807, 2.05) is 0 Å². The molecular weight excluding hydrogens is 183 g/mol. The number of amides is 1. The second-order valence-electron chi connectivity index (χ2n) is 3.66. The first-order valence-electron chi connectivity index (χ1n) is 4.59. The van der Waals surface area contributed by atoms with E-state index < -0.39 is 5.95 Å². The Labute approximate surface area is 81.3 Å². The van der Waals surface area contributed by atoms with Crippen molar-refractivity contribution in [3.8, 4) is 0 Å². The highest BCUT2D eigenvalue weighted by Crippen LogP contribution is 2.29. The third-order valence-corrected chi connectivity index (χ3v) is 2.41. The summed E-state index contributed by atoms with van der Waals surface area (Å²) in [7, 11) is 0. The highest BCUT2D eigenvalue weighted by atomic mass is 19.1. The van der Waals surface area contributed by atoms with Gasteiger partial charge in [-0.15, -0.1) is 0 Å². The van der Waals surface area contributed by atoms with Crippen molar-refractivity contribution in [2.45, 2.75) is 19.4 Å². The van der Waals surface area contributed by atoms with E-state index in [0.717, 1.165) is 12.5 Å². The number of nitrogens with one attached hydrogen (secondary N) is 1. The van der Waals surface area contributed by atoms with E-state index in [-0.39, 0.29) is 11.9 Å². The Morgan fingerprint density at radius 2 is 2.43 bits per heavy atom. The Hall–Kier alpha value is -1.45. The lowest BCUT2D eigenvalue weighted by Crippen LogP contribution is -2.26. The number of hydrogen-bond acceptors (Lipinski definition) is 2. The number of carbonyl (C=O) groups excluding carboxylic acids is 1. The second-order valence-corrected chi connectivity index (χ2v) is 3.66. The van der Waals surface area contributed by atoms with Gasteiger partial charge in [-0.3, -0.25) is 4.79 Å². The van der Waals surface area contributed by atoms with Gasteiger partial charge in [-0.25, -0.2) is 4.98 Å². The van der Waals surface area contributed by atoms with Crippen LogP contribution in [0, 0.1) is 11.9 Å². The maximum Gasteiger partial charge on any atom is 0.251 e. The van der Waals surface area contributed by atoms with Crippen molar-refractivity contribution in [1.29, 1.82) is 0 Å². The highest BCUT2D eigenvalue weighted by Gasteiger charge is 2.33. The van der Waals surface area contributed by atoms with Crippen LogP contribution < -0.4 is 5.32 Å². The summed E-state index contributed by atoms with van der Waals surface area (Å²) in [6.45, 7) is 2.07. The minimum absolute atomic E-state index is 0.222. The summed E-state index contributed by atoms with van der Waals surface area (Å²) in [4.78, 5) is 14.9. The maximum atomic E-state index is 12.7. The second kappa shape index (κ2) is 3.36. The van der Waals surface area contributed by atoms with Gasteiger partial charge in [0.2, 0.25) is 5.95 Å². The average molecular weight is 194 g/mol. The predicted octanol–water partition coefficient (Wildman–Crippen LogP) is 1.36. The lowest BCUT2D eigenvalue weighted by atomic mass is 10.2. The van der Waals surface area contributed by atoms with Crippen molar-refractivity contribution in [2.75, 3.05) is 0 Å². The van der Waals surface area contributed by atoms with Gasteiger partial charge in [-0.2, -0.15) is 4.39 Å². The first-order valence-corrected chi connectivity index (χ1v) is 4.59. The largest absolute Gasteiger partial charge is 0.349 e. The fraction of sp³-hybridized carbons (Fsp3) is 0.400. The number of hydrogen-bond donors (Lipinski definition) is 1. The van der Waals surface area contributed by atoms with Gasteiger partial charge >= 0.3 is 0 Å². The molecule has 0 radical (unpaired) electrons. The molecule has 1 N–H and O–H groups in total. The van der Waals surface area contributed by atoms with E-state index in [0.29, 0.717) is 11.5 Å². The van der Waals surface area contributed by atoms with Crippen molar-refractivity contribution in [1.82, 2.24) is 10.3 Å². The van der Waals surface area contributed by atoms with Crippen LogP contribution in [0.5, 0.6) is 0 Å². The zero-order valence-electron chi connectivity index (χ0n) is 7.83. The molecule has 0 aromatic carbocycles. The molecule has 0 bridgehead atoms. The fourth-order valence-electron chi connectivity index (χ4n) is 1.32. The third-order valence-electron chi connectivity index (χ3n) is 2.41. The molecule has 1 saturated carbocycles. The average Bonchev–Trinajstić information content (AvgIpc) is 2.81. The molecule has 4 heteroatoms. The van der Waals surface area contributed by atoms with Crippen LogP contribution in [0.1, 0.15) is 23.7 Å². The summed E-state index contributed by atoms with van der Waals surface area (Å²) in [5.74, 6) is -0.298. The molecule has 2 unspecified atom stereocenters. The fourth-order valence-corrected chi connectivity index (χ4v) is 1.32. The third kappa shape index (κ3) is 1.89.